The maximum Gasteiger partial charge on any atom is 0.0972 e. The molecule has 1 aliphatic rings. The summed E-state index contributed by atoms with van der Waals surface area (Å²) < 4.78 is 0. The summed E-state index contributed by atoms with van der Waals surface area (Å²) in [6.45, 7) is 2.22. The topological polar surface area (TPSA) is 36.4 Å². The summed E-state index contributed by atoms with van der Waals surface area (Å²) in [5.74, 6) is 0. The molecule has 0 radical (unpaired) electrons. The van der Waals surface area contributed by atoms with Crippen LogP contribution >= 0.6 is 11.3 Å². The summed E-state index contributed by atoms with van der Waals surface area (Å²) in [5.41, 5.74) is 2.45. The third-order valence-corrected chi connectivity index (χ3v) is 5.02. The summed E-state index contributed by atoms with van der Waals surface area (Å²) >= 11 is 1.74. The average Bonchev–Trinajstić information content (AvgIpc) is 2.96. The molecule has 1 aromatic heterocycles. The Morgan fingerprint density at radius 3 is 2.90 bits per heavy atom. The lowest BCUT2D eigenvalue weighted by molar-refractivity contribution is 0.0832. The number of likely N-dealkylation sites (tertiary alicyclic amines) is 1. The van der Waals surface area contributed by atoms with Crippen molar-refractivity contribution in [2.24, 2.45) is 0 Å². The molecule has 112 valence electrons. The van der Waals surface area contributed by atoms with Crippen molar-refractivity contribution < 1.29 is 5.11 Å². The number of thiazole rings is 1. The van der Waals surface area contributed by atoms with Gasteiger partial charge in [0, 0.05) is 24.4 Å². The van der Waals surface area contributed by atoms with E-state index in [0.29, 0.717) is 6.04 Å². The second-order valence-electron chi connectivity index (χ2n) is 5.70. The van der Waals surface area contributed by atoms with Gasteiger partial charge in [0.1, 0.15) is 0 Å². The number of rotatable bonds is 5. The molecule has 2 aromatic rings. The molecule has 0 amide bonds. The summed E-state index contributed by atoms with van der Waals surface area (Å²) in [6, 6.07) is 10.8. The van der Waals surface area contributed by atoms with Crippen molar-refractivity contribution in [1.29, 1.82) is 0 Å². The molecule has 0 spiro atoms. The summed E-state index contributed by atoms with van der Waals surface area (Å²) in [5, 5.41) is 12.8. The molecule has 1 fully saturated rings. The van der Waals surface area contributed by atoms with Gasteiger partial charge in [-0.25, -0.2) is 4.98 Å². The van der Waals surface area contributed by atoms with Gasteiger partial charge in [-0.05, 0) is 24.9 Å². The lowest BCUT2D eigenvalue weighted by Gasteiger charge is -2.33. The minimum absolute atomic E-state index is 0.265. The number of nitrogens with zero attached hydrogens (tertiary/aromatic N) is 2. The predicted octanol–water partition coefficient (Wildman–Crippen LogP) is 3.08. The zero-order chi connectivity index (χ0) is 14.5. The Hall–Kier alpha value is -1.23. The van der Waals surface area contributed by atoms with Crippen molar-refractivity contribution in [1.82, 2.24) is 9.88 Å². The third kappa shape index (κ3) is 3.90. The van der Waals surface area contributed by atoms with Crippen LogP contribution < -0.4 is 0 Å². The van der Waals surface area contributed by atoms with E-state index in [9.17, 15) is 5.11 Å². The van der Waals surface area contributed by atoms with Gasteiger partial charge in [0.15, 0.2) is 0 Å². The molecule has 3 rings (SSSR count). The van der Waals surface area contributed by atoms with Crippen LogP contribution in [0.25, 0.3) is 0 Å². The van der Waals surface area contributed by atoms with Crippen LogP contribution in [0.3, 0.4) is 0 Å². The zero-order valence-corrected chi connectivity index (χ0v) is 13.1. The van der Waals surface area contributed by atoms with E-state index in [0.717, 1.165) is 31.6 Å². The monoisotopic (exact) mass is 302 g/mol. The Labute approximate surface area is 130 Å². The first-order valence-electron chi connectivity index (χ1n) is 7.67. The van der Waals surface area contributed by atoms with Crippen LogP contribution in [-0.4, -0.2) is 34.2 Å². The van der Waals surface area contributed by atoms with E-state index in [1.165, 1.54) is 23.4 Å². The van der Waals surface area contributed by atoms with Gasteiger partial charge in [0.25, 0.3) is 0 Å². The fourth-order valence-electron chi connectivity index (χ4n) is 2.96. The minimum Gasteiger partial charge on any atom is -0.395 e. The molecular formula is C17H22N2OS. The Balaban J connectivity index is 1.62. The SMILES string of the molecule is OCC1CCCCN1Cc1csc(Cc2ccccc2)n1. The maximum atomic E-state index is 9.48. The van der Waals surface area contributed by atoms with Gasteiger partial charge in [-0.2, -0.15) is 0 Å². The van der Waals surface area contributed by atoms with E-state index < -0.39 is 0 Å². The van der Waals surface area contributed by atoms with E-state index in [1.807, 2.05) is 6.07 Å². The highest BCUT2D eigenvalue weighted by molar-refractivity contribution is 7.09. The van der Waals surface area contributed by atoms with E-state index in [-0.39, 0.29) is 6.61 Å². The second-order valence-corrected chi connectivity index (χ2v) is 6.64. The molecule has 1 atom stereocenters. The fraction of sp³-hybridized carbons (Fsp3) is 0.471. The predicted molar refractivity (Wildman–Crippen MR) is 86.5 cm³/mol. The highest BCUT2D eigenvalue weighted by Crippen LogP contribution is 2.21. The number of benzene rings is 1. The van der Waals surface area contributed by atoms with Crippen molar-refractivity contribution in [2.45, 2.75) is 38.3 Å². The summed E-state index contributed by atoms with van der Waals surface area (Å²) in [6.07, 6.45) is 4.49. The molecule has 2 heterocycles. The van der Waals surface area contributed by atoms with E-state index in [1.54, 1.807) is 11.3 Å². The van der Waals surface area contributed by atoms with E-state index in [4.69, 9.17) is 4.98 Å². The Morgan fingerprint density at radius 2 is 2.10 bits per heavy atom. The van der Waals surface area contributed by atoms with Gasteiger partial charge < -0.3 is 5.11 Å². The molecule has 21 heavy (non-hydrogen) atoms. The van der Waals surface area contributed by atoms with Gasteiger partial charge in [0.2, 0.25) is 0 Å². The number of piperidine rings is 1. The smallest absolute Gasteiger partial charge is 0.0972 e. The molecular weight excluding hydrogens is 280 g/mol. The van der Waals surface area contributed by atoms with Crippen molar-refractivity contribution in [3.05, 3.63) is 52.0 Å². The van der Waals surface area contributed by atoms with Crippen LogP contribution in [0.2, 0.25) is 0 Å². The maximum absolute atomic E-state index is 9.48. The second kappa shape index (κ2) is 7.16. The van der Waals surface area contributed by atoms with Crippen molar-refractivity contribution in [2.75, 3.05) is 13.2 Å². The van der Waals surface area contributed by atoms with Crippen LogP contribution in [0.4, 0.5) is 0 Å². The Morgan fingerprint density at radius 1 is 1.24 bits per heavy atom. The van der Waals surface area contributed by atoms with Crippen molar-refractivity contribution in [3.63, 3.8) is 0 Å². The van der Waals surface area contributed by atoms with Gasteiger partial charge in [0.05, 0.1) is 17.3 Å². The van der Waals surface area contributed by atoms with Crippen LogP contribution in [0.15, 0.2) is 35.7 Å². The van der Waals surface area contributed by atoms with Crippen LogP contribution in [0.1, 0.15) is 35.5 Å². The molecule has 1 unspecified atom stereocenters. The number of aromatic nitrogens is 1. The number of aliphatic hydroxyl groups is 1. The first-order chi connectivity index (χ1) is 10.3. The first kappa shape index (κ1) is 14.7. The van der Waals surface area contributed by atoms with Crippen molar-refractivity contribution in [3.8, 4) is 0 Å². The molecule has 1 N–H and O–H groups in total. The normalized spacial score (nSPS) is 19.8. The lowest BCUT2D eigenvalue weighted by Crippen LogP contribution is -2.41. The third-order valence-electron chi connectivity index (χ3n) is 4.12. The average molecular weight is 302 g/mol. The quantitative estimate of drug-likeness (QED) is 0.922. The van der Waals surface area contributed by atoms with E-state index >= 15 is 0 Å². The molecule has 1 aromatic carbocycles. The molecule has 0 saturated carbocycles. The van der Waals surface area contributed by atoms with Gasteiger partial charge in [-0.1, -0.05) is 36.8 Å². The highest BCUT2D eigenvalue weighted by atomic mass is 32.1. The Bertz CT molecular complexity index is 555. The fourth-order valence-corrected chi connectivity index (χ4v) is 3.78. The first-order valence-corrected chi connectivity index (χ1v) is 8.55. The molecule has 0 aliphatic carbocycles. The standard InChI is InChI=1S/C17H22N2OS/c20-12-16-8-4-5-9-19(16)11-15-13-21-17(18-15)10-14-6-2-1-3-7-14/h1-3,6-7,13,16,20H,4-5,8-12H2. The number of aliphatic hydroxyl groups excluding tert-OH is 1. The number of hydrogen-bond donors (Lipinski definition) is 1. The minimum atomic E-state index is 0.265. The van der Waals surface area contributed by atoms with Crippen LogP contribution in [0.5, 0.6) is 0 Å². The van der Waals surface area contributed by atoms with Gasteiger partial charge >= 0.3 is 0 Å². The van der Waals surface area contributed by atoms with E-state index in [2.05, 4.69) is 34.5 Å². The summed E-state index contributed by atoms with van der Waals surface area (Å²) in [7, 11) is 0. The van der Waals surface area contributed by atoms with Crippen molar-refractivity contribution >= 4 is 11.3 Å². The molecule has 4 heteroatoms. The molecule has 0 bridgehead atoms. The van der Waals surface area contributed by atoms with Gasteiger partial charge in [-0.3, -0.25) is 4.90 Å². The molecule has 3 nitrogen and oxygen atoms in total. The zero-order valence-electron chi connectivity index (χ0n) is 12.2. The van der Waals surface area contributed by atoms with Crippen LogP contribution in [-0.2, 0) is 13.0 Å². The Kier molecular flexibility index (Phi) is 5.01. The molecule has 1 aliphatic heterocycles. The highest BCUT2D eigenvalue weighted by Gasteiger charge is 2.22. The lowest BCUT2D eigenvalue weighted by atomic mass is 10.0. The summed E-state index contributed by atoms with van der Waals surface area (Å²) in [4.78, 5) is 7.14. The van der Waals surface area contributed by atoms with Crippen LogP contribution in [0, 0.1) is 0 Å². The largest absolute Gasteiger partial charge is 0.395 e. The molecule has 1 saturated heterocycles. The van der Waals surface area contributed by atoms with Gasteiger partial charge in [-0.15, -0.1) is 11.3 Å². The number of hydrogen-bond acceptors (Lipinski definition) is 4.